The summed E-state index contributed by atoms with van der Waals surface area (Å²) in [7, 11) is 0. The van der Waals surface area contributed by atoms with Crippen molar-refractivity contribution in [3.8, 4) is 0 Å². The maximum atomic E-state index is 11.9. The lowest BCUT2D eigenvalue weighted by molar-refractivity contribution is -0.143. The molecule has 1 aliphatic rings. The molecule has 0 aromatic heterocycles. The molecule has 1 heterocycles. The number of carbonyl (C=O) groups excluding carboxylic acids is 3. The summed E-state index contributed by atoms with van der Waals surface area (Å²) in [5, 5.41) is 0. The molecular weight excluding hydrogens is 220 g/mol. The first-order valence-electron chi connectivity index (χ1n) is 6.16. The molecule has 0 atom stereocenters. The predicted molar refractivity (Wildman–Crippen MR) is 63.2 cm³/mol. The van der Waals surface area contributed by atoms with Gasteiger partial charge in [-0.1, -0.05) is 33.6 Å². The fraction of sp³-hybridized carbons (Fsp3) is 0.750. The summed E-state index contributed by atoms with van der Waals surface area (Å²) in [6, 6.07) is -0.454. The van der Waals surface area contributed by atoms with E-state index < -0.39 is 17.8 Å². The second-order valence-electron chi connectivity index (χ2n) is 4.76. The number of carbonyl (C=O) groups is 3. The van der Waals surface area contributed by atoms with Crippen LogP contribution in [0.4, 0.5) is 4.79 Å². The van der Waals surface area contributed by atoms with Crippen LogP contribution in [0.2, 0.25) is 0 Å². The van der Waals surface area contributed by atoms with Gasteiger partial charge in [0.2, 0.25) is 0 Å². The van der Waals surface area contributed by atoms with Crippen LogP contribution in [0, 0.1) is 5.92 Å². The third-order valence-electron chi connectivity index (χ3n) is 2.67. The van der Waals surface area contributed by atoms with E-state index in [1.165, 1.54) is 0 Å². The summed E-state index contributed by atoms with van der Waals surface area (Å²) in [5.74, 6) is -1.18. The summed E-state index contributed by atoms with van der Waals surface area (Å²) in [5.41, 5.74) is 0. The number of hydrogen-bond acceptors (Lipinski definition) is 3. The van der Waals surface area contributed by atoms with Crippen molar-refractivity contribution in [3.63, 3.8) is 0 Å². The minimum absolute atomic E-state index is 0.172. The van der Waals surface area contributed by atoms with E-state index in [1.54, 1.807) is 0 Å². The Labute approximate surface area is 102 Å². The van der Waals surface area contributed by atoms with E-state index in [-0.39, 0.29) is 5.92 Å². The number of rotatable bonds is 6. The van der Waals surface area contributed by atoms with Gasteiger partial charge >= 0.3 is 17.8 Å². The van der Waals surface area contributed by atoms with Gasteiger partial charge in [0.1, 0.15) is 0 Å². The molecule has 17 heavy (non-hydrogen) atoms. The molecule has 0 aromatic rings. The molecule has 0 aromatic carbocycles. The Kier molecular flexibility index (Phi) is 4.66. The fourth-order valence-electron chi connectivity index (χ4n) is 1.79. The van der Waals surface area contributed by atoms with Crippen molar-refractivity contribution in [2.24, 2.45) is 5.92 Å². The third-order valence-corrected chi connectivity index (χ3v) is 2.67. The lowest BCUT2D eigenvalue weighted by Crippen LogP contribution is -2.36. The summed E-state index contributed by atoms with van der Waals surface area (Å²) in [6.45, 7) is 6.53. The molecule has 0 saturated carbocycles. The topological polar surface area (TPSA) is 57.7 Å². The van der Waals surface area contributed by atoms with Crippen LogP contribution >= 0.6 is 0 Å². The van der Waals surface area contributed by atoms with Gasteiger partial charge in [-0.05, 0) is 12.3 Å². The molecule has 0 N–H and O–H groups in total. The van der Waals surface area contributed by atoms with Crippen LogP contribution in [0.5, 0.6) is 0 Å². The molecule has 5 nitrogen and oxygen atoms in total. The first-order chi connectivity index (χ1) is 7.99. The molecule has 5 heteroatoms. The SMILES string of the molecule is CCCCCN1C(=O)C(=O)N(CC(C)C)C1=O. The molecule has 96 valence electrons. The van der Waals surface area contributed by atoms with Crippen LogP contribution in [-0.2, 0) is 9.59 Å². The van der Waals surface area contributed by atoms with Gasteiger partial charge in [0.25, 0.3) is 0 Å². The zero-order valence-electron chi connectivity index (χ0n) is 10.7. The molecule has 0 spiro atoms. The van der Waals surface area contributed by atoms with Crippen molar-refractivity contribution in [2.45, 2.75) is 40.0 Å². The molecule has 0 bridgehead atoms. The Morgan fingerprint density at radius 1 is 1.00 bits per heavy atom. The standard InChI is InChI=1S/C12H20N2O3/c1-4-5-6-7-13-10(15)11(16)14(12(13)17)8-9(2)3/h9H,4-8H2,1-3H3. The average molecular weight is 240 g/mol. The second-order valence-corrected chi connectivity index (χ2v) is 4.76. The van der Waals surface area contributed by atoms with Crippen LogP contribution < -0.4 is 0 Å². The van der Waals surface area contributed by atoms with Crippen LogP contribution in [0.25, 0.3) is 0 Å². The van der Waals surface area contributed by atoms with Crippen molar-refractivity contribution in [3.05, 3.63) is 0 Å². The lowest BCUT2D eigenvalue weighted by atomic mass is 10.2. The van der Waals surface area contributed by atoms with Gasteiger partial charge in [-0.2, -0.15) is 0 Å². The van der Waals surface area contributed by atoms with Gasteiger partial charge in [0.05, 0.1) is 0 Å². The van der Waals surface area contributed by atoms with E-state index in [4.69, 9.17) is 0 Å². The number of imide groups is 2. The van der Waals surface area contributed by atoms with Crippen molar-refractivity contribution in [1.82, 2.24) is 9.80 Å². The number of amides is 4. The molecule has 1 saturated heterocycles. The maximum absolute atomic E-state index is 11.9. The van der Waals surface area contributed by atoms with Crippen LogP contribution in [0.15, 0.2) is 0 Å². The quantitative estimate of drug-likeness (QED) is 0.403. The molecule has 0 aliphatic carbocycles. The van der Waals surface area contributed by atoms with E-state index in [9.17, 15) is 14.4 Å². The minimum Gasteiger partial charge on any atom is -0.263 e. The third kappa shape index (κ3) is 3.05. The van der Waals surface area contributed by atoms with Gasteiger partial charge in [0.15, 0.2) is 0 Å². The Bertz CT molecular complexity index is 326. The van der Waals surface area contributed by atoms with Crippen LogP contribution in [0.3, 0.4) is 0 Å². The largest absolute Gasteiger partial charge is 0.334 e. The van der Waals surface area contributed by atoms with Crippen LogP contribution in [-0.4, -0.2) is 40.7 Å². The zero-order chi connectivity index (χ0) is 13.0. The minimum atomic E-state index is -0.680. The highest BCUT2D eigenvalue weighted by atomic mass is 16.2. The molecule has 0 radical (unpaired) electrons. The van der Waals surface area contributed by atoms with Crippen LogP contribution in [0.1, 0.15) is 40.0 Å². The first-order valence-corrected chi connectivity index (χ1v) is 6.16. The molecule has 1 fully saturated rings. The van der Waals surface area contributed by atoms with E-state index in [0.717, 1.165) is 29.1 Å². The first kappa shape index (κ1) is 13.7. The fourth-order valence-corrected chi connectivity index (χ4v) is 1.79. The van der Waals surface area contributed by atoms with Gasteiger partial charge in [0, 0.05) is 13.1 Å². The molecular formula is C12H20N2O3. The maximum Gasteiger partial charge on any atom is 0.334 e. The van der Waals surface area contributed by atoms with E-state index in [2.05, 4.69) is 0 Å². The second kappa shape index (κ2) is 5.80. The molecule has 0 unspecified atom stereocenters. The van der Waals surface area contributed by atoms with Crippen molar-refractivity contribution >= 4 is 17.8 Å². The normalized spacial score (nSPS) is 16.6. The predicted octanol–water partition coefficient (Wildman–Crippen LogP) is 1.62. The number of hydrogen-bond donors (Lipinski definition) is 0. The highest BCUT2D eigenvalue weighted by molar-refractivity contribution is 6.44. The lowest BCUT2D eigenvalue weighted by Gasteiger charge is -2.16. The van der Waals surface area contributed by atoms with Crippen molar-refractivity contribution in [1.29, 1.82) is 0 Å². The zero-order valence-corrected chi connectivity index (χ0v) is 10.7. The summed E-state index contributed by atoms with van der Waals surface area (Å²) >= 11 is 0. The Hall–Kier alpha value is -1.39. The Morgan fingerprint density at radius 3 is 2.12 bits per heavy atom. The highest BCUT2D eigenvalue weighted by Gasteiger charge is 2.43. The van der Waals surface area contributed by atoms with Gasteiger partial charge < -0.3 is 0 Å². The molecule has 1 aliphatic heterocycles. The van der Waals surface area contributed by atoms with E-state index in [0.29, 0.717) is 13.1 Å². The highest BCUT2D eigenvalue weighted by Crippen LogP contribution is 2.15. The monoisotopic (exact) mass is 240 g/mol. The van der Waals surface area contributed by atoms with Gasteiger partial charge in [-0.25, -0.2) is 4.79 Å². The number of unbranched alkanes of at least 4 members (excludes halogenated alkanes) is 2. The molecule has 1 rings (SSSR count). The van der Waals surface area contributed by atoms with E-state index >= 15 is 0 Å². The Morgan fingerprint density at radius 2 is 1.59 bits per heavy atom. The number of nitrogens with zero attached hydrogens (tertiary/aromatic N) is 2. The van der Waals surface area contributed by atoms with Gasteiger partial charge in [-0.3, -0.25) is 19.4 Å². The Balaban J connectivity index is 2.65. The van der Waals surface area contributed by atoms with Gasteiger partial charge in [-0.15, -0.1) is 0 Å². The molecule has 4 amide bonds. The van der Waals surface area contributed by atoms with Crippen molar-refractivity contribution < 1.29 is 14.4 Å². The smallest absolute Gasteiger partial charge is 0.263 e. The van der Waals surface area contributed by atoms with Crippen molar-refractivity contribution in [2.75, 3.05) is 13.1 Å². The summed E-state index contributed by atoms with van der Waals surface area (Å²) < 4.78 is 0. The average Bonchev–Trinajstić information content (AvgIpc) is 2.45. The number of urea groups is 1. The summed E-state index contributed by atoms with van der Waals surface area (Å²) in [4.78, 5) is 37.2. The van der Waals surface area contributed by atoms with E-state index in [1.807, 2.05) is 20.8 Å². The summed E-state index contributed by atoms with van der Waals surface area (Å²) in [6.07, 6.45) is 2.73.